The summed E-state index contributed by atoms with van der Waals surface area (Å²) in [4.78, 5) is 25.3. The monoisotopic (exact) mass is 373 g/mol. The number of pyridine rings is 1. The second kappa shape index (κ2) is 7.43. The lowest BCUT2D eigenvalue weighted by atomic mass is 10.1. The number of anilines is 2. The van der Waals surface area contributed by atoms with Crippen molar-refractivity contribution in [3.05, 3.63) is 71.8 Å². The van der Waals surface area contributed by atoms with Crippen molar-refractivity contribution in [2.24, 2.45) is 0 Å². The molecule has 8 heteroatoms. The van der Waals surface area contributed by atoms with Crippen LogP contribution in [0.5, 0.6) is 0 Å². The van der Waals surface area contributed by atoms with Crippen LogP contribution in [0.4, 0.5) is 11.5 Å². The molecule has 0 radical (unpaired) electrons. The number of hydrogen-bond donors (Lipinski definition) is 3. The standard InChI is InChI=1S/C20H19N7O/c1-12-6-15(9-21-8-12)20(28)25-16-5-3-4-14(7-16)13(2)24-18-11-22-19-17(26-18)10-23-27-19/h3-11,13H,1-2H3,(H,24,26)(H,25,28)(H,22,23,27)/t13-/m0/s1. The zero-order valence-electron chi connectivity index (χ0n) is 15.5. The Morgan fingerprint density at radius 1 is 1.14 bits per heavy atom. The van der Waals surface area contributed by atoms with Crippen LogP contribution in [0.15, 0.2) is 55.1 Å². The van der Waals surface area contributed by atoms with Gasteiger partial charge < -0.3 is 10.6 Å². The number of amides is 1. The van der Waals surface area contributed by atoms with Crippen molar-refractivity contribution < 1.29 is 4.79 Å². The highest BCUT2D eigenvalue weighted by Gasteiger charge is 2.11. The summed E-state index contributed by atoms with van der Waals surface area (Å²) in [5.74, 6) is 0.465. The lowest BCUT2D eigenvalue weighted by molar-refractivity contribution is 0.102. The summed E-state index contributed by atoms with van der Waals surface area (Å²) in [6.07, 6.45) is 6.57. The number of H-pyrrole nitrogens is 1. The lowest BCUT2D eigenvalue weighted by Crippen LogP contribution is -2.13. The largest absolute Gasteiger partial charge is 0.362 e. The number of aryl methyl sites for hydroxylation is 1. The number of nitrogens with one attached hydrogen (secondary N) is 3. The van der Waals surface area contributed by atoms with E-state index >= 15 is 0 Å². The molecule has 1 atom stereocenters. The van der Waals surface area contributed by atoms with Gasteiger partial charge >= 0.3 is 0 Å². The average molecular weight is 373 g/mol. The molecule has 0 unspecified atom stereocenters. The molecule has 4 rings (SSSR count). The molecule has 28 heavy (non-hydrogen) atoms. The fraction of sp³-hybridized carbons (Fsp3) is 0.150. The van der Waals surface area contributed by atoms with Crippen LogP contribution in [0.3, 0.4) is 0 Å². The van der Waals surface area contributed by atoms with Crippen LogP contribution in [-0.2, 0) is 0 Å². The Hall–Kier alpha value is -3.81. The molecule has 3 heterocycles. The van der Waals surface area contributed by atoms with E-state index in [1.54, 1.807) is 30.9 Å². The van der Waals surface area contributed by atoms with Crippen LogP contribution in [0.2, 0.25) is 0 Å². The summed E-state index contributed by atoms with van der Waals surface area (Å²) >= 11 is 0. The fourth-order valence-corrected chi connectivity index (χ4v) is 2.88. The molecule has 8 nitrogen and oxygen atoms in total. The zero-order chi connectivity index (χ0) is 19.5. The highest BCUT2D eigenvalue weighted by molar-refractivity contribution is 6.04. The molecular formula is C20H19N7O. The first-order valence-corrected chi connectivity index (χ1v) is 8.84. The first-order chi connectivity index (χ1) is 13.6. The summed E-state index contributed by atoms with van der Waals surface area (Å²) < 4.78 is 0. The first kappa shape index (κ1) is 17.6. The SMILES string of the molecule is Cc1cncc(C(=O)Nc2cccc([C@H](C)Nc3cnc4[nH]ncc4n3)c2)c1. The quantitative estimate of drug-likeness (QED) is 0.494. The number of benzene rings is 1. The van der Waals surface area contributed by atoms with E-state index in [1.807, 2.05) is 38.1 Å². The van der Waals surface area contributed by atoms with Gasteiger partial charge in [-0.2, -0.15) is 5.10 Å². The fourth-order valence-electron chi connectivity index (χ4n) is 2.88. The van der Waals surface area contributed by atoms with Crippen LogP contribution in [0, 0.1) is 6.92 Å². The van der Waals surface area contributed by atoms with Gasteiger partial charge in [-0.25, -0.2) is 9.97 Å². The lowest BCUT2D eigenvalue weighted by Gasteiger charge is -2.16. The topological polar surface area (TPSA) is 108 Å². The molecule has 0 aliphatic carbocycles. The van der Waals surface area contributed by atoms with Gasteiger partial charge in [-0.15, -0.1) is 0 Å². The third-order valence-electron chi connectivity index (χ3n) is 4.30. The van der Waals surface area contributed by atoms with Gasteiger partial charge in [-0.05, 0) is 43.2 Å². The Labute approximate surface area is 161 Å². The number of carbonyl (C=O) groups excluding carboxylic acids is 1. The highest BCUT2D eigenvalue weighted by atomic mass is 16.1. The van der Waals surface area contributed by atoms with Gasteiger partial charge in [-0.3, -0.25) is 14.9 Å². The summed E-state index contributed by atoms with van der Waals surface area (Å²) in [7, 11) is 0. The van der Waals surface area contributed by atoms with Gasteiger partial charge in [-0.1, -0.05) is 12.1 Å². The minimum atomic E-state index is -0.190. The van der Waals surface area contributed by atoms with Crippen molar-refractivity contribution in [3.63, 3.8) is 0 Å². The predicted octanol–water partition coefficient (Wildman–Crippen LogP) is 3.48. The molecule has 3 aromatic heterocycles. The van der Waals surface area contributed by atoms with Crippen molar-refractivity contribution in [2.45, 2.75) is 19.9 Å². The first-order valence-electron chi connectivity index (χ1n) is 8.84. The molecular weight excluding hydrogens is 354 g/mol. The van der Waals surface area contributed by atoms with Crippen molar-refractivity contribution >= 4 is 28.6 Å². The summed E-state index contributed by atoms with van der Waals surface area (Å²) in [5.41, 5.74) is 4.54. The van der Waals surface area contributed by atoms with Gasteiger partial charge in [0.25, 0.3) is 5.91 Å². The van der Waals surface area contributed by atoms with Crippen molar-refractivity contribution in [2.75, 3.05) is 10.6 Å². The maximum absolute atomic E-state index is 12.4. The maximum atomic E-state index is 12.4. The highest BCUT2D eigenvalue weighted by Crippen LogP contribution is 2.22. The Balaban J connectivity index is 1.48. The van der Waals surface area contributed by atoms with Crippen LogP contribution in [-0.4, -0.2) is 31.1 Å². The van der Waals surface area contributed by atoms with Gasteiger partial charge in [0.1, 0.15) is 11.3 Å². The third kappa shape index (κ3) is 3.80. The van der Waals surface area contributed by atoms with Gasteiger partial charge in [0.15, 0.2) is 5.65 Å². The molecule has 0 saturated heterocycles. The van der Waals surface area contributed by atoms with E-state index in [4.69, 9.17) is 0 Å². The number of carbonyl (C=O) groups is 1. The third-order valence-corrected chi connectivity index (χ3v) is 4.30. The van der Waals surface area contributed by atoms with E-state index in [0.717, 1.165) is 11.1 Å². The van der Waals surface area contributed by atoms with E-state index in [1.165, 1.54) is 0 Å². The Morgan fingerprint density at radius 3 is 2.89 bits per heavy atom. The van der Waals surface area contributed by atoms with Gasteiger partial charge in [0, 0.05) is 18.1 Å². The molecule has 140 valence electrons. The molecule has 0 aliphatic heterocycles. The van der Waals surface area contributed by atoms with Crippen LogP contribution >= 0.6 is 0 Å². The Morgan fingerprint density at radius 2 is 2.04 bits per heavy atom. The van der Waals surface area contributed by atoms with E-state index in [9.17, 15) is 4.79 Å². The molecule has 4 aromatic rings. The molecule has 0 bridgehead atoms. The minimum Gasteiger partial charge on any atom is -0.362 e. The van der Waals surface area contributed by atoms with Crippen LogP contribution < -0.4 is 10.6 Å². The van der Waals surface area contributed by atoms with Crippen molar-refractivity contribution in [1.29, 1.82) is 0 Å². The molecule has 0 saturated carbocycles. The smallest absolute Gasteiger partial charge is 0.257 e. The number of aromatic nitrogens is 5. The van der Waals surface area contributed by atoms with Crippen LogP contribution in [0.25, 0.3) is 11.2 Å². The summed E-state index contributed by atoms with van der Waals surface area (Å²) in [6, 6.07) is 9.46. The van der Waals surface area contributed by atoms with Crippen molar-refractivity contribution in [3.8, 4) is 0 Å². The number of hydrogen-bond acceptors (Lipinski definition) is 6. The van der Waals surface area contributed by atoms with E-state index < -0.39 is 0 Å². The predicted molar refractivity (Wildman–Crippen MR) is 107 cm³/mol. The Kier molecular flexibility index (Phi) is 4.67. The van der Waals surface area contributed by atoms with Gasteiger partial charge in [0.05, 0.1) is 24.0 Å². The number of aromatic amines is 1. The molecule has 3 N–H and O–H groups in total. The number of rotatable bonds is 5. The average Bonchev–Trinajstić information content (AvgIpc) is 3.16. The normalized spacial score (nSPS) is 11.9. The zero-order valence-corrected chi connectivity index (χ0v) is 15.5. The van der Waals surface area contributed by atoms with E-state index in [2.05, 4.69) is 35.8 Å². The second-order valence-electron chi connectivity index (χ2n) is 6.56. The minimum absolute atomic E-state index is 0.0314. The van der Waals surface area contributed by atoms with Crippen LogP contribution in [0.1, 0.15) is 34.5 Å². The summed E-state index contributed by atoms with van der Waals surface area (Å²) in [6.45, 7) is 3.92. The van der Waals surface area contributed by atoms with E-state index in [-0.39, 0.29) is 11.9 Å². The molecule has 1 aromatic carbocycles. The molecule has 0 fully saturated rings. The second-order valence-corrected chi connectivity index (χ2v) is 6.56. The van der Waals surface area contributed by atoms with Crippen molar-refractivity contribution in [1.82, 2.24) is 25.1 Å². The summed E-state index contributed by atoms with van der Waals surface area (Å²) in [5, 5.41) is 12.9. The van der Waals surface area contributed by atoms with Gasteiger partial charge in [0.2, 0.25) is 0 Å². The maximum Gasteiger partial charge on any atom is 0.257 e. The van der Waals surface area contributed by atoms with E-state index in [0.29, 0.717) is 28.2 Å². The molecule has 0 aliphatic rings. The Bertz CT molecular complexity index is 1140. The molecule has 1 amide bonds. The molecule has 0 spiro atoms. The number of fused-ring (bicyclic) bond motifs is 1. The number of nitrogens with zero attached hydrogens (tertiary/aromatic N) is 4.